The Hall–Kier alpha value is -2.28. The topological polar surface area (TPSA) is 75.2 Å². The first-order valence-corrected chi connectivity index (χ1v) is 11.1. The number of rotatable bonds is 8. The second-order valence-corrected chi connectivity index (χ2v) is 9.29. The molecule has 2 aromatic rings. The third-order valence-electron chi connectivity index (χ3n) is 5.54. The molecule has 0 radical (unpaired) electrons. The molecule has 2 amide bonds. The molecule has 1 aliphatic carbocycles. The summed E-state index contributed by atoms with van der Waals surface area (Å²) in [5.74, 6) is 0.0128. The van der Waals surface area contributed by atoms with E-state index in [1.54, 1.807) is 10.3 Å². The number of aromatic nitrogens is 2. The molecule has 1 saturated carbocycles. The van der Waals surface area contributed by atoms with E-state index in [0.717, 1.165) is 36.4 Å². The Bertz CT molecular complexity index is 842. The molecular weight excluding hydrogens is 384 g/mol. The predicted molar refractivity (Wildman–Crippen MR) is 115 cm³/mol. The largest absolute Gasteiger partial charge is 0.349 e. The highest BCUT2D eigenvalue weighted by Crippen LogP contribution is 2.36. The lowest BCUT2D eigenvalue weighted by molar-refractivity contribution is -0.127. The summed E-state index contributed by atoms with van der Waals surface area (Å²) in [4.78, 5) is 28.4. The zero-order valence-corrected chi connectivity index (χ0v) is 18.6. The van der Waals surface area contributed by atoms with Crippen molar-refractivity contribution in [2.45, 2.75) is 77.4 Å². The summed E-state index contributed by atoms with van der Waals surface area (Å²) in [6.45, 7) is 10.3. The van der Waals surface area contributed by atoms with Gasteiger partial charge >= 0.3 is 0 Å². The van der Waals surface area contributed by atoms with Gasteiger partial charge in [-0.3, -0.25) is 9.59 Å². The fourth-order valence-electron chi connectivity index (χ4n) is 3.23. The molecule has 1 aromatic carbocycles. The van der Waals surface area contributed by atoms with Gasteiger partial charge in [0.1, 0.15) is 6.04 Å². The van der Waals surface area contributed by atoms with E-state index in [-0.39, 0.29) is 23.4 Å². The summed E-state index contributed by atoms with van der Waals surface area (Å²) in [7, 11) is 0. The zero-order valence-electron chi connectivity index (χ0n) is 17.8. The summed E-state index contributed by atoms with van der Waals surface area (Å²) in [6.07, 6.45) is 2.59. The van der Waals surface area contributed by atoms with Crippen LogP contribution in [0.2, 0.25) is 0 Å². The van der Waals surface area contributed by atoms with Crippen LogP contribution in [0.5, 0.6) is 0 Å². The van der Waals surface area contributed by atoms with E-state index in [0.29, 0.717) is 11.6 Å². The number of benzene rings is 1. The van der Waals surface area contributed by atoms with Crippen molar-refractivity contribution in [3.05, 3.63) is 46.5 Å². The molecule has 1 N–H and O–H groups in total. The van der Waals surface area contributed by atoms with Gasteiger partial charge in [0.2, 0.25) is 5.91 Å². The molecule has 3 rings (SSSR count). The highest BCUT2D eigenvalue weighted by molar-refractivity contribution is 7.03. The molecule has 1 fully saturated rings. The third kappa shape index (κ3) is 5.01. The lowest BCUT2D eigenvalue weighted by atomic mass is 9.96. The number of hydrogen-bond acceptors (Lipinski definition) is 5. The third-order valence-corrected chi connectivity index (χ3v) is 6.05. The standard InChI is InChI=1S/C22H30N4O2S/c1-6-22(4,5)23-20(27)19(16-9-7-15(8-10-16)14(2)3)26(17-11-12-17)21(28)18-13-29-25-24-18/h7-10,13-14,17,19H,6,11-12H2,1-5H3,(H,23,27)/t19-/m1/s1. The van der Waals surface area contributed by atoms with Crippen LogP contribution in [0.4, 0.5) is 0 Å². The Balaban J connectivity index is 2.00. The van der Waals surface area contributed by atoms with Crippen LogP contribution in [0.15, 0.2) is 29.6 Å². The van der Waals surface area contributed by atoms with Crippen LogP contribution < -0.4 is 5.32 Å². The van der Waals surface area contributed by atoms with Crippen LogP contribution >= 0.6 is 11.5 Å². The smallest absolute Gasteiger partial charge is 0.276 e. The normalized spacial score (nSPS) is 15.2. The lowest BCUT2D eigenvalue weighted by Crippen LogP contribution is -2.51. The molecule has 1 atom stereocenters. The zero-order chi connectivity index (χ0) is 21.2. The van der Waals surface area contributed by atoms with E-state index in [1.807, 2.05) is 45.0 Å². The number of amides is 2. The van der Waals surface area contributed by atoms with Gasteiger partial charge in [-0.25, -0.2) is 0 Å². The summed E-state index contributed by atoms with van der Waals surface area (Å²) in [6, 6.07) is 7.40. The first kappa shape index (κ1) is 21.4. The molecule has 1 aromatic heterocycles. The predicted octanol–water partition coefficient (Wildman–Crippen LogP) is 4.31. The number of hydrogen-bond donors (Lipinski definition) is 1. The van der Waals surface area contributed by atoms with Crippen molar-refractivity contribution >= 4 is 23.3 Å². The minimum atomic E-state index is -0.691. The average Bonchev–Trinajstić information content (AvgIpc) is 3.37. The van der Waals surface area contributed by atoms with E-state index in [2.05, 4.69) is 28.8 Å². The summed E-state index contributed by atoms with van der Waals surface area (Å²) in [5.41, 5.74) is 1.97. The Labute approximate surface area is 176 Å². The van der Waals surface area contributed by atoms with Gasteiger partial charge in [-0.1, -0.05) is 49.5 Å². The molecule has 29 heavy (non-hydrogen) atoms. The molecule has 0 saturated heterocycles. The number of carbonyl (C=O) groups excluding carboxylic acids is 2. The highest BCUT2D eigenvalue weighted by atomic mass is 32.1. The van der Waals surface area contributed by atoms with Crippen molar-refractivity contribution in [1.82, 2.24) is 19.8 Å². The fraction of sp³-hybridized carbons (Fsp3) is 0.545. The molecule has 0 spiro atoms. The Morgan fingerprint density at radius 3 is 2.31 bits per heavy atom. The van der Waals surface area contributed by atoms with Gasteiger partial charge in [-0.2, -0.15) is 0 Å². The molecule has 0 unspecified atom stereocenters. The highest BCUT2D eigenvalue weighted by Gasteiger charge is 2.43. The molecule has 7 heteroatoms. The Morgan fingerprint density at radius 1 is 1.21 bits per heavy atom. The summed E-state index contributed by atoms with van der Waals surface area (Å²) in [5, 5.41) is 8.74. The second kappa shape index (κ2) is 8.61. The van der Waals surface area contributed by atoms with Crippen LogP contribution in [-0.2, 0) is 4.79 Å². The van der Waals surface area contributed by atoms with E-state index in [4.69, 9.17) is 0 Å². The number of nitrogens with one attached hydrogen (secondary N) is 1. The van der Waals surface area contributed by atoms with Crippen LogP contribution in [0, 0.1) is 0 Å². The van der Waals surface area contributed by atoms with Gasteiger partial charge in [0, 0.05) is 17.0 Å². The van der Waals surface area contributed by atoms with Gasteiger partial charge in [0.15, 0.2) is 5.69 Å². The van der Waals surface area contributed by atoms with Crippen LogP contribution in [0.3, 0.4) is 0 Å². The van der Waals surface area contributed by atoms with E-state index >= 15 is 0 Å². The van der Waals surface area contributed by atoms with Gasteiger partial charge in [0.05, 0.1) is 0 Å². The van der Waals surface area contributed by atoms with Crippen LogP contribution in [-0.4, -0.2) is 37.9 Å². The van der Waals surface area contributed by atoms with E-state index in [1.165, 1.54) is 5.56 Å². The molecule has 0 bridgehead atoms. The maximum absolute atomic E-state index is 13.4. The number of carbonyl (C=O) groups is 2. The molecule has 156 valence electrons. The second-order valence-electron chi connectivity index (χ2n) is 8.68. The van der Waals surface area contributed by atoms with Crippen molar-refractivity contribution in [3.8, 4) is 0 Å². The van der Waals surface area contributed by atoms with Gasteiger partial charge < -0.3 is 10.2 Å². The van der Waals surface area contributed by atoms with Crippen LogP contribution in [0.25, 0.3) is 0 Å². The van der Waals surface area contributed by atoms with Gasteiger partial charge in [-0.05, 0) is 61.7 Å². The minimum absolute atomic E-state index is 0.0504. The first-order valence-electron chi connectivity index (χ1n) is 10.2. The maximum Gasteiger partial charge on any atom is 0.276 e. The molecular formula is C22H30N4O2S. The monoisotopic (exact) mass is 414 g/mol. The van der Waals surface area contributed by atoms with E-state index in [9.17, 15) is 9.59 Å². The van der Waals surface area contributed by atoms with Crippen molar-refractivity contribution < 1.29 is 9.59 Å². The fourth-order valence-corrected chi connectivity index (χ4v) is 3.66. The molecule has 6 nitrogen and oxygen atoms in total. The van der Waals surface area contributed by atoms with Gasteiger partial charge in [-0.15, -0.1) is 5.10 Å². The minimum Gasteiger partial charge on any atom is -0.349 e. The van der Waals surface area contributed by atoms with Crippen molar-refractivity contribution in [2.24, 2.45) is 0 Å². The van der Waals surface area contributed by atoms with Crippen molar-refractivity contribution in [1.29, 1.82) is 0 Å². The molecule has 1 aliphatic rings. The molecule has 0 aliphatic heterocycles. The number of nitrogens with zero attached hydrogens (tertiary/aromatic N) is 3. The quantitative estimate of drug-likeness (QED) is 0.698. The van der Waals surface area contributed by atoms with Crippen molar-refractivity contribution in [2.75, 3.05) is 0 Å². The Kier molecular flexibility index (Phi) is 6.36. The first-order chi connectivity index (χ1) is 13.7. The van der Waals surface area contributed by atoms with E-state index < -0.39 is 6.04 Å². The summed E-state index contributed by atoms with van der Waals surface area (Å²) < 4.78 is 3.83. The lowest BCUT2D eigenvalue weighted by Gasteiger charge is -2.34. The maximum atomic E-state index is 13.4. The van der Waals surface area contributed by atoms with Crippen LogP contribution in [0.1, 0.15) is 87.5 Å². The summed E-state index contributed by atoms with van der Waals surface area (Å²) >= 11 is 1.14. The Morgan fingerprint density at radius 2 is 1.83 bits per heavy atom. The average molecular weight is 415 g/mol. The SMILES string of the molecule is CCC(C)(C)NC(=O)[C@@H](c1ccc(C(C)C)cc1)N(C(=O)c1csnn1)C1CC1. The van der Waals surface area contributed by atoms with Crippen molar-refractivity contribution in [3.63, 3.8) is 0 Å². The van der Waals surface area contributed by atoms with Gasteiger partial charge in [0.25, 0.3) is 5.91 Å². The molecule has 1 heterocycles.